The van der Waals surface area contributed by atoms with Gasteiger partial charge in [-0.05, 0) is 43.5 Å². The molecule has 0 spiro atoms. The third-order valence-corrected chi connectivity index (χ3v) is 5.31. The Balaban J connectivity index is 1.49. The van der Waals surface area contributed by atoms with E-state index in [1.54, 1.807) is 17.5 Å². The van der Waals surface area contributed by atoms with Gasteiger partial charge in [0.25, 0.3) is 0 Å². The van der Waals surface area contributed by atoms with Crippen molar-refractivity contribution in [3.05, 3.63) is 65.4 Å². The van der Waals surface area contributed by atoms with Crippen molar-refractivity contribution >= 4 is 23.1 Å². The minimum absolute atomic E-state index is 0.0659. The van der Waals surface area contributed by atoms with E-state index in [-0.39, 0.29) is 6.03 Å². The molecule has 0 bridgehead atoms. The molecule has 1 aromatic carbocycles. The van der Waals surface area contributed by atoms with Crippen LogP contribution < -0.4 is 5.32 Å². The molecule has 1 aliphatic rings. The molecule has 1 N–H and O–H groups in total. The number of aryl methyl sites for hydroxylation is 1. The number of anilines is 1. The molecule has 0 aliphatic heterocycles. The van der Waals surface area contributed by atoms with Gasteiger partial charge in [0.1, 0.15) is 5.01 Å². The number of nitrogens with zero attached hydrogens (tertiary/aromatic N) is 3. The SMILES string of the molecule is Cc1csc(-c2cccc(NC(=O)N(Cc3cccnc3)C3CC3)c2)n1. The molecule has 0 radical (unpaired) electrons. The zero-order valence-electron chi connectivity index (χ0n) is 14.6. The molecule has 0 unspecified atom stereocenters. The number of urea groups is 1. The number of carbonyl (C=O) groups excluding carboxylic acids is 1. The number of carbonyl (C=O) groups is 1. The normalized spacial score (nSPS) is 13.4. The molecular formula is C20H20N4OS. The Labute approximate surface area is 156 Å². The topological polar surface area (TPSA) is 58.1 Å². The van der Waals surface area contributed by atoms with Gasteiger partial charge in [-0.15, -0.1) is 11.3 Å². The molecule has 4 rings (SSSR count). The van der Waals surface area contributed by atoms with Gasteiger partial charge in [-0.3, -0.25) is 4.98 Å². The van der Waals surface area contributed by atoms with Gasteiger partial charge in [-0.2, -0.15) is 0 Å². The number of hydrogen-bond acceptors (Lipinski definition) is 4. The van der Waals surface area contributed by atoms with Crippen LogP contribution in [0.15, 0.2) is 54.2 Å². The van der Waals surface area contributed by atoms with Crippen molar-refractivity contribution in [2.45, 2.75) is 32.4 Å². The van der Waals surface area contributed by atoms with Gasteiger partial charge < -0.3 is 10.2 Å². The molecule has 2 heterocycles. The van der Waals surface area contributed by atoms with Gasteiger partial charge in [0, 0.05) is 47.3 Å². The highest BCUT2D eigenvalue weighted by Gasteiger charge is 2.32. The molecule has 26 heavy (non-hydrogen) atoms. The van der Waals surface area contributed by atoms with Crippen molar-refractivity contribution in [3.8, 4) is 10.6 Å². The predicted octanol–water partition coefficient (Wildman–Crippen LogP) is 4.71. The number of hydrogen-bond donors (Lipinski definition) is 1. The lowest BCUT2D eigenvalue weighted by molar-refractivity contribution is 0.206. The number of rotatable bonds is 5. The molecule has 6 heteroatoms. The van der Waals surface area contributed by atoms with Crippen molar-refractivity contribution in [2.75, 3.05) is 5.32 Å². The van der Waals surface area contributed by atoms with Gasteiger partial charge in [0.2, 0.25) is 0 Å². The molecule has 1 aliphatic carbocycles. The zero-order valence-corrected chi connectivity index (χ0v) is 15.4. The number of nitrogens with one attached hydrogen (secondary N) is 1. The fourth-order valence-electron chi connectivity index (χ4n) is 2.85. The van der Waals surface area contributed by atoms with Crippen molar-refractivity contribution < 1.29 is 4.79 Å². The Morgan fingerprint density at radius 1 is 1.31 bits per heavy atom. The summed E-state index contributed by atoms with van der Waals surface area (Å²) in [5.41, 5.74) is 3.86. The van der Waals surface area contributed by atoms with E-state index in [0.717, 1.165) is 40.4 Å². The summed E-state index contributed by atoms with van der Waals surface area (Å²) in [5.74, 6) is 0. The summed E-state index contributed by atoms with van der Waals surface area (Å²) in [7, 11) is 0. The van der Waals surface area contributed by atoms with Crippen LogP contribution >= 0.6 is 11.3 Å². The Morgan fingerprint density at radius 3 is 2.88 bits per heavy atom. The first-order chi connectivity index (χ1) is 12.7. The van der Waals surface area contributed by atoms with E-state index in [2.05, 4.69) is 15.3 Å². The highest BCUT2D eigenvalue weighted by atomic mass is 32.1. The molecule has 132 valence electrons. The van der Waals surface area contributed by atoms with E-state index in [9.17, 15) is 4.79 Å². The lowest BCUT2D eigenvalue weighted by Crippen LogP contribution is -2.36. The maximum Gasteiger partial charge on any atom is 0.322 e. The minimum Gasteiger partial charge on any atom is -0.317 e. The van der Waals surface area contributed by atoms with Gasteiger partial charge in [0.15, 0.2) is 0 Å². The van der Waals surface area contributed by atoms with Crippen LogP contribution in [0.3, 0.4) is 0 Å². The van der Waals surface area contributed by atoms with Crippen LogP contribution in [0.1, 0.15) is 24.1 Å². The highest BCUT2D eigenvalue weighted by molar-refractivity contribution is 7.13. The van der Waals surface area contributed by atoms with Crippen molar-refractivity contribution in [2.24, 2.45) is 0 Å². The Morgan fingerprint density at radius 2 is 2.19 bits per heavy atom. The number of aromatic nitrogens is 2. The summed E-state index contributed by atoms with van der Waals surface area (Å²) < 4.78 is 0. The third kappa shape index (κ3) is 3.91. The fraction of sp³-hybridized carbons (Fsp3) is 0.250. The molecule has 0 saturated heterocycles. The van der Waals surface area contributed by atoms with Crippen LogP contribution in [-0.2, 0) is 6.54 Å². The molecule has 5 nitrogen and oxygen atoms in total. The zero-order chi connectivity index (χ0) is 17.9. The lowest BCUT2D eigenvalue weighted by atomic mass is 10.2. The summed E-state index contributed by atoms with van der Waals surface area (Å²) in [6.45, 7) is 2.56. The second-order valence-electron chi connectivity index (χ2n) is 6.53. The molecule has 1 fully saturated rings. The number of thiazole rings is 1. The second kappa shape index (κ2) is 7.25. The van der Waals surface area contributed by atoms with Gasteiger partial charge in [-0.1, -0.05) is 18.2 Å². The highest BCUT2D eigenvalue weighted by Crippen LogP contribution is 2.30. The van der Waals surface area contributed by atoms with E-state index in [4.69, 9.17) is 0 Å². The van der Waals surface area contributed by atoms with Crippen molar-refractivity contribution in [1.82, 2.24) is 14.9 Å². The Kier molecular flexibility index (Phi) is 4.67. The lowest BCUT2D eigenvalue weighted by Gasteiger charge is -2.23. The van der Waals surface area contributed by atoms with E-state index >= 15 is 0 Å². The summed E-state index contributed by atoms with van der Waals surface area (Å²) in [6.07, 6.45) is 5.68. The van der Waals surface area contributed by atoms with Crippen LogP contribution in [0.25, 0.3) is 10.6 Å². The predicted molar refractivity (Wildman–Crippen MR) is 104 cm³/mol. The molecule has 2 aromatic heterocycles. The quantitative estimate of drug-likeness (QED) is 0.713. The van der Waals surface area contributed by atoms with Crippen LogP contribution in [0.2, 0.25) is 0 Å². The monoisotopic (exact) mass is 364 g/mol. The maximum atomic E-state index is 12.8. The first-order valence-corrected chi connectivity index (χ1v) is 9.56. The first-order valence-electron chi connectivity index (χ1n) is 8.68. The van der Waals surface area contributed by atoms with Crippen molar-refractivity contribution in [3.63, 3.8) is 0 Å². The molecule has 0 atom stereocenters. The number of benzene rings is 1. The molecule has 3 aromatic rings. The first kappa shape index (κ1) is 16.7. The third-order valence-electron chi connectivity index (χ3n) is 4.30. The van der Waals surface area contributed by atoms with E-state index < -0.39 is 0 Å². The van der Waals surface area contributed by atoms with Crippen LogP contribution in [-0.4, -0.2) is 26.9 Å². The van der Waals surface area contributed by atoms with Crippen LogP contribution in [0, 0.1) is 6.92 Å². The van der Waals surface area contributed by atoms with Crippen molar-refractivity contribution in [1.29, 1.82) is 0 Å². The standard InChI is InChI=1S/C20H20N4OS/c1-14-13-26-19(22-14)16-5-2-6-17(10-16)23-20(25)24(18-7-8-18)12-15-4-3-9-21-11-15/h2-6,9-11,13,18H,7-8,12H2,1H3,(H,23,25). The smallest absolute Gasteiger partial charge is 0.317 e. The number of pyridine rings is 1. The molecular weight excluding hydrogens is 344 g/mol. The Bertz CT molecular complexity index is 905. The average molecular weight is 364 g/mol. The Hall–Kier alpha value is -2.73. The average Bonchev–Trinajstić information content (AvgIpc) is 3.41. The van der Waals surface area contributed by atoms with Gasteiger partial charge >= 0.3 is 6.03 Å². The molecule has 1 saturated carbocycles. The van der Waals surface area contributed by atoms with Crippen LogP contribution in [0.5, 0.6) is 0 Å². The largest absolute Gasteiger partial charge is 0.322 e. The van der Waals surface area contributed by atoms with E-state index in [1.165, 1.54) is 0 Å². The summed E-state index contributed by atoms with van der Waals surface area (Å²) >= 11 is 1.61. The minimum atomic E-state index is -0.0659. The van der Waals surface area contributed by atoms with E-state index in [1.807, 2.05) is 59.8 Å². The van der Waals surface area contributed by atoms with E-state index in [0.29, 0.717) is 12.6 Å². The van der Waals surface area contributed by atoms with Crippen LogP contribution in [0.4, 0.5) is 10.5 Å². The summed E-state index contributed by atoms with van der Waals surface area (Å²) in [5, 5.41) is 6.04. The van der Waals surface area contributed by atoms with Gasteiger partial charge in [0.05, 0.1) is 0 Å². The fourth-order valence-corrected chi connectivity index (χ4v) is 3.65. The number of amides is 2. The van der Waals surface area contributed by atoms with Gasteiger partial charge in [-0.25, -0.2) is 9.78 Å². The summed E-state index contributed by atoms with van der Waals surface area (Å²) in [4.78, 5) is 23.4. The molecule has 2 amide bonds. The summed E-state index contributed by atoms with van der Waals surface area (Å²) in [6, 6.07) is 12.0. The maximum absolute atomic E-state index is 12.8. The second-order valence-corrected chi connectivity index (χ2v) is 7.38.